The predicted molar refractivity (Wildman–Crippen MR) is 67.7 cm³/mol. The molecule has 6 N–H and O–H groups in total. The maximum atomic E-state index is 11.2. The maximum Gasteiger partial charge on any atom is 0.320 e. The van der Waals surface area contributed by atoms with Crippen LogP contribution in [0.1, 0.15) is 18.0 Å². The summed E-state index contributed by atoms with van der Waals surface area (Å²) in [5.41, 5.74) is 12.6. The number of carbonyl (C=O) groups is 2. The summed E-state index contributed by atoms with van der Waals surface area (Å²) >= 11 is 0. The van der Waals surface area contributed by atoms with Gasteiger partial charge < -0.3 is 26.6 Å². The van der Waals surface area contributed by atoms with Crippen LogP contribution in [0.4, 0.5) is 5.69 Å². The Balaban J connectivity index is 2.15. The number of carboxylic acid groups (broad SMARTS) is 1. The van der Waals surface area contributed by atoms with Crippen LogP contribution in [0.5, 0.6) is 5.75 Å². The lowest BCUT2D eigenvalue weighted by Gasteiger charge is -2.21. The number of benzene rings is 1. The van der Waals surface area contributed by atoms with Gasteiger partial charge in [0.05, 0.1) is 5.69 Å². The first-order valence-corrected chi connectivity index (χ1v) is 5.78. The number of amides is 1. The first-order chi connectivity index (χ1) is 8.97. The van der Waals surface area contributed by atoms with E-state index >= 15 is 0 Å². The number of anilines is 1. The summed E-state index contributed by atoms with van der Waals surface area (Å²) in [6.07, 6.45) is 0.114. The Hall–Kier alpha value is -2.12. The van der Waals surface area contributed by atoms with Gasteiger partial charge in [0.2, 0.25) is 0 Å². The second-order valence-corrected chi connectivity index (χ2v) is 4.38. The number of nitrogens with two attached hydrogens (primary N) is 2. The second kappa shape index (κ2) is 5.25. The minimum atomic E-state index is -1.09. The van der Waals surface area contributed by atoms with E-state index in [1.807, 2.05) is 0 Å². The molecule has 1 aromatic rings. The Bertz CT molecular complexity index is 518. The summed E-state index contributed by atoms with van der Waals surface area (Å²) in [7, 11) is 0. The van der Waals surface area contributed by atoms with Crippen molar-refractivity contribution in [1.29, 1.82) is 0 Å². The fourth-order valence-corrected chi connectivity index (χ4v) is 1.84. The molecule has 1 aliphatic rings. The van der Waals surface area contributed by atoms with Gasteiger partial charge >= 0.3 is 5.97 Å². The van der Waals surface area contributed by atoms with Crippen LogP contribution < -0.4 is 21.5 Å². The summed E-state index contributed by atoms with van der Waals surface area (Å²) < 4.78 is 5.22. The van der Waals surface area contributed by atoms with Crippen LogP contribution in [-0.2, 0) is 9.59 Å². The number of carboxylic acids is 1. The molecule has 1 aromatic carbocycles. The molecule has 0 saturated carbocycles. The van der Waals surface area contributed by atoms with Gasteiger partial charge in [0, 0.05) is 6.04 Å². The molecule has 2 unspecified atom stereocenters. The van der Waals surface area contributed by atoms with Crippen molar-refractivity contribution in [3.05, 3.63) is 23.8 Å². The third-order valence-electron chi connectivity index (χ3n) is 2.89. The fourth-order valence-electron chi connectivity index (χ4n) is 1.84. The summed E-state index contributed by atoms with van der Waals surface area (Å²) in [6.45, 7) is -0.0116. The van der Waals surface area contributed by atoms with E-state index in [1.54, 1.807) is 18.2 Å². The zero-order valence-electron chi connectivity index (χ0n) is 10.1. The quantitative estimate of drug-likeness (QED) is 0.598. The van der Waals surface area contributed by atoms with Gasteiger partial charge in [-0.05, 0) is 24.1 Å². The van der Waals surface area contributed by atoms with E-state index in [-0.39, 0.29) is 18.9 Å². The van der Waals surface area contributed by atoms with E-state index in [0.29, 0.717) is 17.0 Å². The SMILES string of the molecule is NC(CC(N)c1ccc2c(c1)NC(=O)CO2)C(=O)O. The molecule has 7 heteroatoms. The highest BCUT2D eigenvalue weighted by Gasteiger charge is 2.20. The highest BCUT2D eigenvalue weighted by atomic mass is 16.5. The Morgan fingerprint density at radius 2 is 2.21 bits per heavy atom. The smallest absolute Gasteiger partial charge is 0.320 e. The van der Waals surface area contributed by atoms with Crippen molar-refractivity contribution in [2.24, 2.45) is 11.5 Å². The summed E-state index contributed by atoms with van der Waals surface area (Å²) in [5.74, 6) is -0.761. The number of carbonyl (C=O) groups excluding carboxylic acids is 1. The Labute approximate surface area is 109 Å². The first kappa shape index (κ1) is 13.3. The molecule has 102 valence electrons. The highest BCUT2D eigenvalue weighted by Crippen LogP contribution is 2.30. The number of nitrogens with one attached hydrogen (secondary N) is 1. The van der Waals surface area contributed by atoms with E-state index in [1.165, 1.54) is 0 Å². The second-order valence-electron chi connectivity index (χ2n) is 4.38. The van der Waals surface area contributed by atoms with Crippen LogP contribution in [0.25, 0.3) is 0 Å². The van der Waals surface area contributed by atoms with Crippen molar-refractivity contribution in [1.82, 2.24) is 0 Å². The topological polar surface area (TPSA) is 128 Å². The standard InChI is InChI=1S/C12H15N3O4/c13-7(4-8(14)12(17)18)6-1-2-10-9(3-6)15-11(16)5-19-10/h1-3,7-8H,4-5,13-14H2,(H,15,16)(H,17,18). The molecule has 0 saturated heterocycles. The average molecular weight is 265 g/mol. The van der Waals surface area contributed by atoms with Crippen molar-refractivity contribution in [3.8, 4) is 5.75 Å². The van der Waals surface area contributed by atoms with Crippen LogP contribution in [-0.4, -0.2) is 29.6 Å². The molecule has 1 aliphatic heterocycles. The Morgan fingerprint density at radius 3 is 2.89 bits per heavy atom. The first-order valence-electron chi connectivity index (χ1n) is 5.78. The van der Waals surface area contributed by atoms with E-state index in [2.05, 4.69) is 5.32 Å². The number of aliphatic carboxylic acids is 1. The van der Waals surface area contributed by atoms with Gasteiger partial charge in [0.25, 0.3) is 5.91 Å². The van der Waals surface area contributed by atoms with Crippen molar-refractivity contribution >= 4 is 17.6 Å². The van der Waals surface area contributed by atoms with E-state index in [0.717, 1.165) is 0 Å². The zero-order chi connectivity index (χ0) is 14.0. The summed E-state index contributed by atoms with van der Waals surface area (Å²) in [4.78, 5) is 21.9. The monoisotopic (exact) mass is 265 g/mol. The van der Waals surface area contributed by atoms with Gasteiger partial charge in [-0.3, -0.25) is 9.59 Å². The zero-order valence-corrected chi connectivity index (χ0v) is 10.1. The third-order valence-corrected chi connectivity index (χ3v) is 2.89. The Kier molecular flexibility index (Phi) is 3.68. The van der Waals surface area contributed by atoms with Crippen molar-refractivity contribution in [2.45, 2.75) is 18.5 Å². The lowest BCUT2D eigenvalue weighted by Crippen LogP contribution is -2.34. The predicted octanol–water partition coefficient (Wildman–Crippen LogP) is -0.181. The van der Waals surface area contributed by atoms with E-state index in [4.69, 9.17) is 21.3 Å². The number of fused-ring (bicyclic) bond motifs is 1. The molecule has 1 heterocycles. The molecular weight excluding hydrogens is 250 g/mol. The molecular formula is C12H15N3O4. The number of hydrogen-bond donors (Lipinski definition) is 4. The largest absolute Gasteiger partial charge is 0.482 e. The van der Waals surface area contributed by atoms with Gasteiger partial charge in [-0.25, -0.2) is 0 Å². The van der Waals surface area contributed by atoms with Gasteiger partial charge in [0.15, 0.2) is 6.61 Å². The lowest BCUT2D eigenvalue weighted by atomic mass is 9.99. The Morgan fingerprint density at radius 1 is 1.47 bits per heavy atom. The maximum absolute atomic E-state index is 11.2. The molecule has 2 atom stereocenters. The van der Waals surface area contributed by atoms with Crippen LogP contribution in [0.15, 0.2) is 18.2 Å². The molecule has 19 heavy (non-hydrogen) atoms. The number of hydrogen-bond acceptors (Lipinski definition) is 5. The van der Waals surface area contributed by atoms with E-state index in [9.17, 15) is 9.59 Å². The minimum Gasteiger partial charge on any atom is -0.482 e. The van der Waals surface area contributed by atoms with Gasteiger partial charge in [-0.2, -0.15) is 0 Å². The fraction of sp³-hybridized carbons (Fsp3) is 0.333. The van der Waals surface area contributed by atoms with Gasteiger partial charge in [0.1, 0.15) is 11.8 Å². The highest BCUT2D eigenvalue weighted by molar-refractivity contribution is 5.95. The number of ether oxygens (including phenoxy) is 1. The van der Waals surface area contributed by atoms with Crippen molar-refractivity contribution in [3.63, 3.8) is 0 Å². The van der Waals surface area contributed by atoms with Crippen LogP contribution in [0, 0.1) is 0 Å². The van der Waals surface area contributed by atoms with Crippen molar-refractivity contribution < 1.29 is 19.4 Å². The lowest BCUT2D eigenvalue weighted by molar-refractivity contribution is -0.138. The molecule has 7 nitrogen and oxygen atoms in total. The molecule has 0 spiro atoms. The molecule has 1 amide bonds. The van der Waals surface area contributed by atoms with Crippen LogP contribution in [0.3, 0.4) is 0 Å². The molecule has 0 aliphatic carbocycles. The third kappa shape index (κ3) is 3.01. The van der Waals surface area contributed by atoms with Crippen molar-refractivity contribution in [2.75, 3.05) is 11.9 Å². The minimum absolute atomic E-state index is 0.0116. The normalized spacial score (nSPS) is 16.8. The molecule has 0 radical (unpaired) electrons. The molecule has 0 aromatic heterocycles. The van der Waals surface area contributed by atoms with Crippen LogP contribution >= 0.6 is 0 Å². The van der Waals surface area contributed by atoms with Gasteiger partial charge in [-0.15, -0.1) is 0 Å². The summed E-state index contributed by atoms with van der Waals surface area (Å²) in [6, 6.07) is 3.56. The average Bonchev–Trinajstić information content (AvgIpc) is 2.37. The van der Waals surface area contributed by atoms with E-state index < -0.39 is 18.1 Å². The number of rotatable bonds is 4. The molecule has 0 bridgehead atoms. The molecule has 2 rings (SSSR count). The van der Waals surface area contributed by atoms with Crippen LogP contribution in [0.2, 0.25) is 0 Å². The molecule has 0 fully saturated rings. The van der Waals surface area contributed by atoms with Gasteiger partial charge in [-0.1, -0.05) is 6.07 Å². The summed E-state index contributed by atoms with van der Waals surface area (Å²) in [5, 5.41) is 11.4.